The minimum absolute atomic E-state index is 0.0405. The smallest absolute Gasteiger partial charge is 0.334 e. The van der Waals surface area contributed by atoms with Crippen molar-refractivity contribution in [3.05, 3.63) is 28.2 Å². The van der Waals surface area contributed by atoms with Crippen LogP contribution in [-0.4, -0.2) is 17.0 Å². The van der Waals surface area contributed by atoms with Crippen LogP contribution in [0.4, 0.5) is 18.9 Å². The van der Waals surface area contributed by atoms with E-state index in [9.17, 15) is 13.2 Å². The number of rotatable bonds is 2. The van der Waals surface area contributed by atoms with Gasteiger partial charge in [0, 0.05) is 10.2 Å². The molecule has 1 unspecified atom stereocenters. The zero-order valence-electron chi connectivity index (χ0n) is 10.1. The molecule has 0 spiro atoms. The van der Waals surface area contributed by atoms with Crippen LogP contribution in [0.15, 0.2) is 27.7 Å². The summed E-state index contributed by atoms with van der Waals surface area (Å²) in [6, 6.07) is 4.25. The van der Waals surface area contributed by atoms with E-state index < -0.39 is 11.7 Å². The van der Waals surface area contributed by atoms with Crippen LogP contribution >= 0.6 is 27.7 Å². The third kappa shape index (κ3) is 3.66. The first-order valence-corrected chi connectivity index (χ1v) is 7.52. The molecule has 0 aliphatic carbocycles. The molecular formula is C12H12BrF3N2S. The Morgan fingerprint density at radius 2 is 2.21 bits per heavy atom. The first-order valence-electron chi connectivity index (χ1n) is 5.74. The van der Waals surface area contributed by atoms with E-state index in [1.54, 1.807) is 6.07 Å². The Balaban J connectivity index is 2.26. The van der Waals surface area contributed by atoms with Crippen LogP contribution in [0.2, 0.25) is 0 Å². The van der Waals surface area contributed by atoms with Crippen molar-refractivity contribution < 1.29 is 13.2 Å². The highest BCUT2D eigenvalue weighted by Gasteiger charge is 2.34. The Labute approximate surface area is 122 Å². The van der Waals surface area contributed by atoms with Crippen molar-refractivity contribution >= 4 is 38.5 Å². The standard InChI is InChI=1S/C12H12BrF3N2S/c1-2-8-6-19-11(17-8)18-10-4-3-7(13)5-9(10)12(14,15)16/h3-5,8H,2,6H2,1H3,(H,17,18). The van der Waals surface area contributed by atoms with E-state index in [0.717, 1.165) is 18.2 Å². The number of nitrogens with zero attached hydrogens (tertiary/aromatic N) is 1. The third-order valence-electron chi connectivity index (χ3n) is 2.71. The molecule has 0 aromatic heterocycles. The van der Waals surface area contributed by atoms with E-state index in [1.165, 1.54) is 17.8 Å². The predicted molar refractivity (Wildman–Crippen MR) is 76.7 cm³/mol. The number of halogens is 4. The predicted octanol–water partition coefficient (Wildman–Crippen LogP) is 4.76. The zero-order chi connectivity index (χ0) is 14.0. The molecular weight excluding hydrogens is 341 g/mol. The van der Waals surface area contributed by atoms with Gasteiger partial charge in [-0.15, -0.1) is 0 Å². The van der Waals surface area contributed by atoms with Gasteiger partial charge in [0.25, 0.3) is 0 Å². The second kappa shape index (κ2) is 5.75. The Morgan fingerprint density at radius 1 is 1.47 bits per heavy atom. The zero-order valence-corrected chi connectivity index (χ0v) is 12.5. The highest BCUT2D eigenvalue weighted by Crippen LogP contribution is 2.37. The summed E-state index contributed by atoms with van der Waals surface area (Å²) in [5.74, 6) is 0.816. The van der Waals surface area contributed by atoms with Gasteiger partial charge in [0.05, 0.1) is 17.3 Å². The molecule has 2 rings (SSSR count). The van der Waals surface area contributed by atoms with Crippen LogP contribution in [0.5, 0.6) is 0 Å². The van der Waals surface area contributed by atoms with Gasteiger partial charge in [-0.3, -0.25) is 4.99 Å². The summed E-state index contributed by atoms with van der Waals surface area (Å²) >= 11 is 4.51. The van der Waals surface area contributed by atoms with Gasteiger partial charge < -0.3 is 5.32 Å². The Kier molecular flexibility index (Phi) is 4.45. The summed E-state index contributed by atoms with van der Waals surface area (Å²) < 4.78 is 39.2. The minimum Gasteiger partial charge on any atom is -0.334 e. The summed E-state index contributed by atoms with van der Waals surface area (Å²) in [6.45, 7) is 2.01. The summed E-state index contributed by atoms with van der Waals surface area (Å²) in [5, 5.41) is 3.33. The van der Waals surface area contributed by atoms with Crippen molar-refractivity contribution in [2.24, 2.45) is 4.99 Å². The number of thioether (sulfide) groups is 1. The van der Waals surface area contributed by atoms with E-state index >= 15 is 0 Å². The molecule has 19 heavy (non-hydrogen) atoms. The second-order valence-corrected chi connectivity index (χ2v) is 6.04. The maximum absolute atomic E-state index is 12.9. The summed E-state index contributed by atoms with van der Waals surface area (Å²) in [6.07, 6.45) is -3.50. The number of benzene rings is 1. The molecule has 2 nitrogen and oxygen atoms in total. The normalized spacial score (nSPS) is 19.4. The number of alkyl halides is 3. The summed E-state index contributed by atoms with van der Waals surface area (Å²) in [4.78, 5) is 4.34. The molecule has 1 heterocycles. The van der Waals surface area contributed by atoms with E-state index in [2.05, 4.69) is 26.2 Å². The molecule has 1 atom stereocenters. The first-order chi connectivity index (χ1) is 8.90. The average molecular weight is 353 g/mol. The van der Waals surface area contributed by atoms with Crippen molar-refractivity contribution in [1.82, 2.24) is 0 Å². The van der Waals surface area contributed by atoms with Crippen molar-refractivity contribution in [3.8, 4) is 0 Å². The fourth-order valence-electron chi connectivity index (χ4n) is 1.67. The molecule has 0 amide bonds. The Morgan fingerprint density at radius 3 is 2.79 bits per heavy atom. The van der Waals surface area contributed by atoms with Gasteiger partial charge in [-0.2, -0.15) is 13.2 Å². The van der Waals surface area contributed by atoms with Gasteiger partial charge in [-0.25, -0.2) is 0 Å². The molecule has 1 N–H and O–H groups in total. The van der Waals surface area contributed by atoms with Crippen LogP contribution in [0.25, 0.3) is 0 Å². The summed E-state index contributed by atoms with van der Waals surface area (Å²) in [5.41, 5.74) is -0.649. The van der Waals surface area contributed by atoms with Crippen molar-refractivity contribution in [3.63, 3.8) is 0 Å². The highest BCUT2D eigenvalue weighted by molar-refractivity contribution is 9.10. The molecule has 0 saturated carbocycles. The van der Waals surface area contributed by atoms with Gasteiger partial charge >= 0.3 is 6.18 Å². The van der Waals surface area contributed by atoms with Crippen LogP contribution in [0.3, 0.4) is 0 Å². The van der Waals surface area contributed by atoms with Crippen LogP contribution in [0.1, 0.15) is 18.9 Å². The van der Waals surface area contributed by atoms with Crippen LogP contribution < -0.4 is 5.32 Å². The van der Waals surface area contributed by atoms with Crippen molar-refractivity contribution in [1.29, 1.82) is 0 Å². The largest absolute Gasteiger partial charge is 0.418 e. The maximum atomic E-state index is 12.9. The quantitative estimate of drug-likeness (QED) is 0.829. The third-order valence-corrected chi connectivity index (χ3v) is 4.24. The lowest BCUT2D eigenvalue weighted by Crippen LogP contribution is -2.13. The second-order valence-electron chi connectivity index (χ2n) is 4.12. The number of hydrogen-bond donors (Lipinski definition) is 1. The van der Waals surface area contributed by atoms with Gasteiger partial charge in [-0.05, 0) is 24.6 Å². The maximum Gasteiger partial charge on any atom is 0.418 e. The highest BCUT2D eigenvalue weighted by atomic mass is 79.9. The van der Waals surface area contributed by atoms with Crippen molar-refractivity contribution in [2.45, 2.75) is 25.6 Å². The lowest BCUT2D eigenvalue weighted by Gasteiger charge is -2.14. The monoisotopic (exact) mass is 352 g/mol. The van der Waals surface area contributed by atoms with Gasteiger partial charge in [0.1, 0.15) is 0 Å². The number of anilines is 1. The molecule has 0 saturated heterocycles. The average Bonchev–Trinajstić information content (AvgIpc) is 2.78. The molecule has 1 aromatic carbocycles. The van der Waals surface area contributed by atoms with Gasteiger partial charge in [0.15, 0.2) is 5.17 Å². The molecule has 0 fully saturated rings. The number of nitrogens with one attached hydrogen (secondary N) is 1. The molecule has 0 radical (unpaired) electrons. The fourth-order valence-corrected chi connectivity index (χ4v) is 3.10. The number of amidine groups is 1. The fraction of sp³-hybridized carbons (Fsp3) is 0.417. The molecule has 7 heteroatoms. The lowest BCUT2D eigenvalue weighted by molar-refractivity contribution is -0.136. The minimum atomic E-state index is -4.39. The molecule has 0 bridgehead atoms. The lowest BCUT2D eigenvalue weighted by atomic mass is 10.1. The van der Waals surface area contributed by atoms with E-state index in [0.29, 0.717) is 9.64 Å². The van der Waals surface area contributed by atoms with Crippen LogP contribution in [0, 0.1) is 0 Å². The van der Waals surface area contributed by atoms with Gasteiger partial charge in [0.2, 0.25) is 0 Å². The van der Waals surface area contributed by atoms with Crippen LogP contribution in [-0.2, 0) is 6.18 Å². The first kappa shape index (κ1) is 14.7. The van der Waals surface area contributed by atoms with E-state index in [4.69, 9.17) is 0 Å². The van der Waals surface area contributed by atoms with E-state index in [-0.39, 0.29) is 11.7 Å². The summed E-state index contributed by atoms with van der Waals surface area (Å²) in [7, 11) is 0. The number of hydrogen-bond acceptors (Lipinski definition) is 3. The molecule has 104 valence electrons. The molecule has 1 aromatic rings. The topological polar surface area (TPSA) is 24.4 Å². The SMILES string of the molecule is CCC1CSC(Nc2ccc(Br)cc2C(F)(F)F)=N1. The van der Waals surface area contributed by atoms with Gasteiger partial charge in [-0.1, -0.05) is 34.6 Å². The molecule has 1 aliphatic rings. The molecule has 1 aliphatic heterocycles. The van der Waals surface area contributed by atoms with Crippen molar-refractivity contribution in [2.75, 3.05) is 11.1 Å². The Bertz CT molecular complexity index is 502. The number of aliphatic imine (C=N–C) groups is 1. The Hall–Kier alpha value is -0.690. The van der Waals surface area contributed by atoms with E-state index in [1.807, 2.05) is 6.92 Å².